The smallest absolute Gasteiger partial charge is 0.304 e. The Morgan fingerprint density at radius 3 is 1.90 bits per heavy atom. The van der Waals surface area contributed by atoms with E-state index in [1.54, 1.807) is 24.3 Å². The number of ether oxygens (including phenoxy) is 1. The maximum atomic E-state index is 11.6. The molecule has 5 nitrogen and oxygen atoms in total. The maximum Gasteiger partial charge on any atom is 0.304 e. The molecule has 2 aromatic carbocycles. The number of fused-ring (bicyclic) bond motifs is 3. The Labute approximate surface area is 121 Å². The van der Waals surface area contributed by atoms with Gasteiger partial charge in [-0.2, -0.15) is 8.42 Å². The van der Waals surface area contributed by atoms with Gasteiger partial charge in [-0.05, 0) is 22.3 Å². The van der Waals surface area contributed by atoms with Gasteiger partial charge in [-0.3, -0.25) is 9.35 Å². The van der Waals surface area contributed by atoms with E-state index in [0.717, 1.165) is 11.1 Å². The molecule has 0 saturated carbocycles. The summed E-state index contributed by atoms with van der Waals surface area (Å²) in [6.07, 6.45) is 0. The second kappa shape index (κ2) is 4.98. The molecule has 0 bridgehead atoms. The Morgan fingerprint density at radius 2 is 1.48 bits per heavy atom. The molecule has 0 aliphatic heterocycles. The lowest BCUT2D eigenvalue weighted by atomic mass is 9.98. The van der Waals surface area contributed by atoms with Crippen molar-refractivity contribution in [2.24, 2.45) is 0 Å². The molecule has 1 N–H and O–H groups in total. The molecule has 0 saturated heterocycles. The van der Waals surface area contributed by atoms with Crippen LogP contribution in [0.3, 0.4) is 0 Å². The van der Waals surface area contributed by atoms with Crippen molar-refractivity contribution in [1.82, 2.24) is 0 Å². The lowest BCUT2D eigenvalue weighted by molar-refractivity contribution is -0.130. The maximum absolute atomic E-state index is 11.6. The normalized spacial score (nSPS) is 15.1. The lowest BCUT2D eigenvalue weighted by Crippen LogP contribution is -2.30. The molecule has 0 fully saturated rings. The first kappa shape index (κ1) is 13.8. The van der Waals surface area contributed by atoms with Crippen LogP contribution in [-0.2, 0) is 19.6 Å². The highest BCUT2D eigenvalue weighted by atomic mass is 32.2. The van der Waals surface area contributed by atoms with Crippen molar-refractivity contribution in [3.05, 3.63) is 59.7 Å². The van der Waals surface area contributed by atoms with Crippen LogP contribution in [0, 0.1) is 0 Å². The van der Waals surface area contributed by atoms with E-state index in [2.05, 4.69) is 4.74 Å². The average Bonchev–Trinajstić information content (AvgIpc) is 2.78. The third-order valence-corrected chi connectivity index (χ3v) is 4.61. The van der Waals surface area contributed by atoms with Crippen LogP contribution < -0.4 is 0 Å². The fourth-order valence-electron chi connectivity index (χ4n) is 2.86. The topological polar surface area (TPSA) is 80.7 Å². The number of hydrogen-bond acceptors (Lipinski definition) is 4. The van der Waals surface area contributed by atoms with Gasteiger partial charge in [-0.1, -0.05) is 48.5 Å². The van der Waals surface area contributed by atoms with Crippen molar-refractivity contribution >= 4 is 16.6 Å². The van der Waals surface area contributed by atoms with Crippen LogP contribution in [0.15, 0.2) is 48.5 Å². The molecule has 0 aromatic heterocycles. The lowest BCUT2D eigenvalue weighted by Gasteiger charge is -2.21. The summed E-state index contributed by atoms with van der Waals surface area (Å²) in [7, 11) is -4.55. The monoisotopic (exact) mass is 304 g/mol. The molecule has 1 aliphatic carbocycles. The van der Waals surface area contributed by atoms with Gasteiger partial charge in [0.05, 0.1) is 5.92 Å². The van der Waals surface area contributed by atoms with E-state index in [9.17, 15) is 17.8 Å². The summed E-state index contributed by atoms with van der Waals surface area (Å²) in [6.45, 7) is 0.0436. The first-order valence-corrected chi connectivity index (χ1v) is 7.78. The van der Waals surface area contributed by atoms with Crippen LogP contribution >= 0.6 is 0 Å². The minimum Gasteiger partial charge on any atom is -0.444 e. The zero-order valence-corrected chi connectivity index (χ0v) is 11.7. The van der Waals surface area contributed by atoms with Crippen molar-refractivity contribution in [2.45, 2.75) is 11.4 Å². The van der Waals surface area contributed by atoms with Crippen molar-refractivity contribution in [3.8, 4) is 11.1 Å². The molecule has 3 rings (SSSR count). The molecule has 21 heavy (non-hydrogen) atoms. The van der Waals surface area contributed by atoms with E-state index < -0.39 is 21.5 Å². The molecule has 1 aliphatic rings. The standard InChI is InChI=1S/C15H12O5S/c16-9-20-15(21(17,18)19)14-12-7-3-1-5-10(12)11-6-2-4-8-13(11)14/h1-9,14-15H,(H,17,18,19). The van der Waals surface area contributed by atoms with Crippen LogP contribution in [0.5, 0.6) is 0 Å². The first-order valence-electron chi connectivity index (χ1n) is 6.27. The summed E-state index contributed by atoms with van der Waals surface area (Å²) >= 11 is 0. The van der Waals surface area contributed by atoms with Gasteiger partial charge < -0.3 is 4.74 Å². The van der Waals surface area contributed by atoms with E-state index >= 15 is 0 Å². The Bertz CT molecular complexity index is 752. The van der Waals surface area contributed by atoms with E-state index in [4.69, 9.17) is 0 Å². The molecular formula is C15H12O5S. The Balaban J connectivity index is 2.25. The number of carbonyl (C=O) groups is 1. The Hall–Kier alpha value is -2.18. The molecule has 1 atom stereocenters. The zero-order chi connectivity index (χ0) is 15.0. The molecular weight excluding hydrogens is 292 g/mol. The highest BCUT2D eigenvalue weighted by molar-refractivity contribution is 7.86. The quantitative estimate of drug-likeness (QED) is 0.691. The second-order valence-corrected chi connectivity index (χ2v) is 6.26. The molecule has 1 unspecified atom stereocenters. The molecule has 0 radical (unpaired) electrons. The van der Waals surface area contributed by atoms with Crippen LogP contribution in [0.4, 0.5) is 0 Å². The van der Waals surface area contributed by atoms with Crippen LogP contribution in [0.1, 0.15) is 17.0 Å². The summed E-state index contributed by atoms with van der Waals surface area (Å²) in [6, 6.07) is 14.5. The molecule has 108 valence electrons. The van der Waals surface area contributed by atoms with Gasteiger partial charge >= 0.3 is 10.1 Å². The Kier molecular flexibility index (Phi) is 3.27. The molecule has 0 spiro atoms. The van der Waals surface area contributed by atoms with Gasteiger partial charge in [0, 0.05) is 0 Å². The third kappa shape index (κ3) is 2.22. The van der Waals surface area contributed by atoms with Crippen molar-refractivity contribution in [3.63, 3.8) is 0 Å². The summed E-state index contributed by atoms with van der Waals surface area (Å²) < 4.78 is 37.3. The molecule has 0 amide bonds. The van der Waals surface area contributed by atoms with Gasteiger partial charge in [-0.15, -0.1) is 0 Å². The number of benzene rings is 2. The van der Waals surface area contributed by atoms with E-state index in [-0.39, 0.29) is 6.47 Å². The fourth-order valence-corrected chi connectivity index (χ4v) is 3.69. The van der Waals surface area contributed by atoms with Crippen LogP contribution in [0.2, 0.25) is 0 Å². The van der Waals surface area contributed by atoms with Crippen molar-refractivity contribution in [2.75, 3.05) is 0 Å². The van der Waals surface area contributed by atoms with Crippen molar-refractivity contribution in [1.29, 1.82) is 0 Å². The molecule has 6 heteroatoms. The predicted octanol–water partition coefficient (Wildman–Crippen LogP) is 2.19. The van der Waals surface area contributed by atoms with Gasteiger partial charge in [0.25, 0.3) is 6.47 Å². The third-order valence-electron chi connectivity index (χ3n) is 3.64. The summed E-state index contributed by atoms with van der Waals surface area (Å²) in [5, 5.41) is 0. The minimum absolute atomic E-state index is 0.0436. The van der Waals surface area contributed by atoms with E-state index in [0.29, 0.717) is 11.1 Å². The fraction of sp³-hybridized carbons (Fsp3) is 0.133. The number of rotatable bonds is 4. The van der Waals surface area contributed by atoms with E-state index in [1.807, 2.05) is 24.3 Å². The number of hydrogen-bond donors (Lipinski definition) is 1. The Morgan fingerprint density at radius 1 is 1.00 bits per heavy atom. The minimum atomic E-state index is -4.55. The zero-order valence-electron chi connectivity index (χ0n) is 10.8. The van der Waals surface area contributed by atoms with E-state index in [1.165, 1.54) is 0 Å². The summed E-state index contributed by atoms with van der Waals surface area (Å²) in [4.78, 5) is 10.6. The van der Waals surface area contributed by atoms with Gasteiger partial charge in [-0.25, -0.2) is 0 Å². The average molecular weight is 304 g/mol. The SMILES string of the molecule is O=COC(C1c2ccccc2-c2ccccc21)S(=O)(=O)O. The van der Waals surface area contributed by atoms with Crippen molar-refractivity contribution < 1.29 is 22.5 Å². The molecule has 2 aromatic rings. The van der Waals surface area contributed by atoms with Crippen LogP contribution in [0.25, 0.3) is 11.1 Å². The van der Waals surface area contributed by atoms with Gasteiger partial charge in [0.2, 0.25) is 5.44 Å². The summed E-state index contributed by atoms with van der Waals surface area (Å²) in [5.41, 5.74) is 1.52. The molecule has 0 heterocycles. The number of carbonyl (C=O) groups excluding carboxylic acids is 1. The summed E-state index contributed by atoms with van der Waals surface area (Å²) in [5.74, 6) is -0.738. The highest BCUT2D eigenvalue weighted by Crippen LogP contribution is 2.47. The largest absolute Gasteiger partial charge is 0.444 e. The second-order valence-electron chi connectivity index (χ2n) is 4.77. The first-order chi connectivity index (χ1) is 10.0. The van der Waals surface area contributed by atoms with Gasteiger partial charge in [0.1, 0.15) is 0 Å². The highest BCUT2D eigenvalue weighted by Gasteiger charge is 2.41. The van der Waals surface area contributed by atoms with Crippen LogP contribution in [-0.4, -0.2) is 24.9 Å². The predicted molar refractivity (Wildman–Crippen MR) is 76.2 cm³/mol. The van der Waals surface area contributed by atoms with Gasteiger partial charge in [0.15, 0.2) is 0 Å².